The van der Waals surface area contributed by atoms with Crippen LogP contribution in [-0.2, 0) is 18.9 Å². The van der Waals surface area contributed by atoms with Gasteiger partial charge in [0.25, 0.3) is 0 Å². The van der Waals surface area contributed by atoms with Crippen molar-refractivity contribution in [3.63, 3.8) is 0 Å². The highest BCUT2D eigenvalue weighted by molar-refractivity contribution is 7.97. The zero-order valence-corrected chi connectivity index (χ0v) is 16.6. The topological polar surface area (TPSA) is 97.1 Å². The second-order valence-corrected chi connectivity index (χ2v) is 7.70. The third-order valence-corrected chi connectivity index (χ3v) is 5.54. The molecule has 152 valence electrons. The minimum atomic E-state index is -0.556. The van der Waals surface area contributed by atoms with Crippen molar-refractivity contribution in [1.29, 1.82) is 0 Å². The lowest BCUT2D eigenvalue weighted by atomic mass is 10.1. The number of esters is 2. The molecule has 8 heteroatoms. The lowest BCUT2D eigenvalue weighted by Gasteiger charge is -2.17. The maximum Gasteiger partial charge on any atom is 0.338 e. The van der Waals surface area contributed by atoms with Gasteiger partial charge in [0.05, 0.1) is 24.3 Å². The fraction of sp³-hybridized carbons (Fsp3) is 0.333. The Labute approximate surface area is 172 Å². The molecule has 0 spiro atoms. The smallest absolute Gasteiger partial charge is 0.338 e. The van der Waals surface area contributed by atoms with Crippen LogP contribution in [0, 0.1) is 6.92 Å². The summed E-state index contributed by atoms with van der Waals surface area (Å²) in [6.45, 7) is 2.34. The van der Waals surface area contributed by atoms with Crippen molar-refractivity contribution in [2.24, 2.45) is 5.14 Å². The normalized spacial score (nSPS) is 25.4. The molecular formula is C21H21NO6S. The summed E-state index contributed by atoms with van der Waals surface area (Å²) in [6.07, 6.45) is -2.02. The molecule has 0 aliphatic carbocycles. The number of ether oxygens (including phenoxy) is 4. The van der Waals surface area contributed by atoms with Crippen LogP contribution in [0.3, 0.4) is 0 Å². The summed E-state index contributed by atoms with van der Waals surface area (Å²) in [6, 6.07) is 14.0. The first kappa shape index (κ1) is 19.9. The highest BCUT2D eigenvalue weighted by Gasteiger charge is 2.51. The Morgan fingerprint density at radius 1 is 0.862 bits per heavy atom. The Kier molecular flexibility index (Phi) is 5.86. The first-order chi connectivity index (χ1) is 14.0. The van der Waals surface area contributed by atoms with E-state index in [1.807, 2.05) is 19.1 Å². The van der Waals surface area contributed by atoms with E-state index in [1.54, 1.807) is 36.4 Å². The predicted octanol–water partition coefficient (Wildman–Crippen LogP) is 2.51. The molecule has 0 bridgehead atoms. The standard InChI is InChI=1S/C21H21NO6S/c1-12-2-4-13(5-3-12)20(23)27-16-10-25-19-17(11-26-18(16)19)28-21(24)14-6-8-15(29-22)9-7-14/h2-9,16-19H,10-11,22H2,1H3/t16-,17-,18?,19?/m0/s1. The number of hydrogen-bond donors (Lipinski definition) is 1. The van der Waals surface area contributed by atoms with Gasteiger partial charge < -0.3 is 18.9 Å². The summed E-state index contributed by atoms with van der Waals surface area (Å²) in [7, 11) is 0. The van der Waals surface area contributed by atoms with Gasteiger partial charge in [-0.15, -0.1) is 0 Å². The van der Waals surface area contributed by atoms with Gasteiger partial charge in [0, 0.05) is 4.90 Å². The molecule has 0 radical (unpaired) electrons. The molecular weight excluding hydrogens is 394 g/mol. The zero-order valence-electron chi connectivity index (χ0n) is 15.8. The quantitative estimate of drug-likeness (QED) is 0.588. The number of benzene rings is 2. The molecule has 2 aromatic carbocycles. The van der Waals surface area contributed by atoms with E-state index in [0.29, 0.717) is 11.1 Å². The number of hydrogen-bond acceptors (Lipinski definition) is 8. The van der Waals surface area contributed by atoms with E-state index < -0.39 is 36.4 Å². The third-order valence-electron chi connectivity index (χ3n) is 4.99. The molecule has 4 atom stereocenters. The molecule has 7 nitrogen and oxygen atoms in total. The van der Waals surface area contributed by atoms with Crippen LogP contribution >= 0.6 is 11.9 Å². The predicted molar refractivity (Wildman–Crippen MR) is 106 cm³/mol. The molecule has 0 aromatic heterocycles. The lowest BCUT2D eigenvalue weighted by Crippen LogP contribution is -2.36. The van der Waals surface area contributed by atoms with Crippen molar-refractivity contribution in [2.45, 2.75) is 36.2 Å². The van der Waals surface area contributed by atoms with E-state index in [2.05, 4.69) is 0 Å². The van der Waals surface area contributed by atoms with Crippen molar-refractivity contribution < 1.29 is 28.5 Å². The fourth-order valence-corrected chi connectivity index (χ4v) is 3.69. The molecule has 2 N–H and O–H groups in total. The van der Waals surface area contributed by atoms with E-state index >= 15 is 0 Å². The fourth-order valence-electron chi connectivity index (χ4n) is 3.40. The van der Waals surface area contributed by atoms with Gasteiger partial charge >= 0.3 is 11.9 Å². The minimum Gasteiger partial charge on any atom is -0.453 e. The number of fused-ring (bicyclic) bond motifs is 1. The number of rotatable bonds is 5. The van der Waals surface area contributed by atoms with Gasteiger partial charge in [0.2, 0.25) is 0 Å². The largest absolute Gasteiger partial charge is 0.453 e. The van der Waals surface area contributed by atoms with Gasteiger partial charge in [-0.1, -0.05) is 17.7 Å². The molecule has 2 unspecified atom stereocenters. The van der Waals surface area contributed by atoms with E-state index in [9.17, 15) is 9.59 Å². The van der Waals surface area contributed by atoms with E-state index in [4.69, 9.17) is 24.1 Å². The van der Waals surface area contributed by atoms with Gasteiger partial charge in [0.1, 0.15) is 12.2 Å². The first-order valence-corrected chi connectivity index (χ1v) is 10.1. The number of carbonyl (C=O) groups excluding carboxylic acids is 2. The second-order valence-electron chi connectivity index (χ2n) is 6.99. The van der Waals surface area contributed by atoms with Crippen LogP contribution in [0.2, 0.25) is 0 Å². The Morgan fingerprint density at radius 2 is 1.31 bits per heavy atom. The van der Waals surface area contributed by atoms with E-state index in [-0.39, 0.29) is 13.2 Å². The Hall–Kier alpha value is -2.39. The molecule has 0 amide bonds. The Bertz CT molecular complexity index is 885. The SMILES string of the molecule is Cc1ccc(C(=O)O[C@H]2COC3C2OC[C@@H]3OC(=O)c2ccc(SN)cc2)cc1. The number of nitrogens with two attached hydrogens (primary N) is 1. The summed E-state index contributed by atoms with van der Waals surface area (Å²) in [5, 5.41) is 5.49. The Balaban J connectivity index is 1.35. The summed E-state index contributed by atoms with van der Waals surface area (Å²) in [4.78, 5) is 25.6. The van der Waals surface area contributed by atoms with Crippen LogP contribution in [0.4, 0.5) is 0 Å². The molecule has 0 saturated carbocycles. The van der Waals surface area contributed by atoms with Gasteiger partial charge in [-0.3, -0.25) is 5.14 Å². The minimum absolute atomic E-state index is 0.191. The second kappa shape index (κ2) is 8.54. The highest BCUT2D eigenvalue weighted by atomic mass is 32.2. The monoisotopic (exact) mass is 415 g/mol. The molecule has 2 aromatic rings. The van der Waals surface area contributed by atoms with Crippen LogP contribution in [0.5, 0.6) is 0 Å². The van der Waals surface area contributed by atoms with Gasteiger partial charge in [0.15, 0.2) is 12.2 Å². The molecule has 4 rings (SSSR count). The zero-order chi connectivity index (χ0) is 20.4. The van der Waals surface area contributed by atoms with Gasteiger partial charge in [-0.25, -0.2) is 9.59 Å². The molecule has 2 saturated heterocycles. The summed E-state index contributed by atoms with van der Waals surface area (Å²) in [5.41, 5.74) is 1.96. The molecule has 2 aliphatic rings. The van der Waals surface area contributed by atoms with Crippen molar-refractivity contribution in [3.05, 3.63) is 65.2 Å². The number of carbonyl (C=O) groups is 2. The molecule has 2 heterocycles. The summed E-state index contributed by atoms with van der Waals surface area (Å²) >= 11 is 1.11. The summed E-state index contributed by atoms with van der Waals surface area (Å²) < 4.78 is 22.6. The van der Waals surface area contributed by atoms with Crippen molar-refractivity contribution in [2.75, 3.05) is 13.2 Å². The van der Waals surface area contributed by atoms with Crippen molar-refractivity contribution >= 4 is 23.9 Å². The number of aryl methyl sites for hydroxylation is 1. The van der Waals surface area contributed by atoms with E-state index in [1.165, 1.54) is 0 Å². The average molecular weight is 415 g/mol. The highest BCUT2D eigenvalue weighted by Crippen LogP contribution is 2.31. The summed E-state index contributed by atoms with van der Waals surface area (Å²) in [5.74, 6) is -0.891. The molecule has 2 fully saturated rings. The van der Waals surface area contributed by atoms with Crippen LogP contribution in [0.1, 0.15) is 26.3 Å². The third kappa shape index (κ3) is 4.30. The first-order valence-electron chi connectivity index (χ1n) is 9.24. The van der Waals surface area contributed by atoms with Crippen LogP contribution in [0.25, 0.3) is 0 Å². The molecule has 2 aliphatic heterocycles. The molecule has 29 heavy (non-hydrogen) atoms. The Morgan fingerprint density at radius 3 is 1.76 bits per heavy atom. The van der Waals surface area contributed by atoms with Crippen LogP contribution in [-0.4, -0.2) is 49.6 Å². The van der Waals surface area contributed by atoms with E-state index in [0.717, 1.165) is 22.4 Å². The van der Waals surface area contributed by atoms with Crippen molar-refractivity contribution in [3.8, 4) is 0 Å². The average Bonchev–Trinajstić information content (AvgIpc) is 3.32. The maximum atomic E-state index is 12.4. The van der Waals surface area contributed by atoms with Crippen LogP contribution < -0.4 is 5.14 Å². The van der Waals surface area contributed by atoms with Crippen LogP contribution in [0.15, 0.2) is 53.4 Å². The maximum absolute atomic E-state index is 12.4. The van der Waals surface area contributed by atoms with Crippen molar-refractivity contribution in [1.82, 2.24) is 0 Å². The van der Waals surface area contributed by atoms with Gasteiger partial charge in [-0.05, 0) is 55.3 Å². The van der Waals surface area contributed by atoms with Gasteiger partial charge in [-0.2, -0.15) is 0 Å². The lowest BCUT2D eigenvalue weighted by molar-refractivity contribution is -0.0287.